The molecule has 5 heteroatoms. The van der Waals surface area contributed by atoms with Crippen LogP contribution in [0.15, 0.2) is 78.9 Å². The number of rotatable bonds is 8. The summed E-state index contributed by atoms with van der Waals surface area (Å²) in [5.74, 6) is -0.218. The normalized spacial score (nSPS) is 10.8. The molecule has 0 unspecified atom stereocenters. The van der Waals surface area contributed by atoms with Crippen molar-refractivity contribution >= 4 is 34.6 Å². The molecule has 0 aliphatic heterocycles. The van der Waals surface area contributed by atoms with Crippen LogP contribution < -0.4 is 10.2 Å². The fraction of sp³-hybridized carbons (Fsp3) is 0.208. The van der Waals surface area contributed by atoms with Crippen molar-refractivity contribution in [2.45, 2.75) is 6.42 Å². The average molecular weight is 408 g/mol. The van der Waals surface area contributed by atoms with Gasteiger partial charge in [-0.15, -0.1) is 0 Å². The van der Waals surface area contributed by atoms with Crippen molar-refractivity contribution in [3.05, 3.63) is 89.4 Å². The second-order valence-electron chi connectivity index (χ2n) is 7.10. The van der Waals surface area contributed by atoms with Gasteiger partial charge in [0.25, 0.3) is 5.91 Å². The Hall–Kier alpha value is -2.82. The van der Waals surface area contributed by atoms with Crippen molar-refractivity contribution in [1.29, 1.82) is 0 Å². The summed E-state index contributed by atoms with van der Waals surface area (Å²) in [5.41, 5.74) is 3.26. The molecule has 1 N–H and O–H groups in total. The first-order valence-corrected chi connectivity index (χ1v) is 10.1. The molecule has 4 nitrogen and oxygen atoms in total. The molecular formula is C24H26ClN3O. The minimum atomic E-state index is -0.218. The number of amides is 1. The number of para-hydroxylation sites is 3. The van der Waals surface area contributed by atoms with E-state index >= 15 is 0 Å². The van der Waals surface area contributed by atoms with Crippen LogP contribution in [0.25, 0.3) is 0 Å². The summed E-state index contributed by atoms with van der Waals surface area (Å²) in [7, 11) is 4.15. The maximum absolute atomic E-state index is 12.8. The molecule has 0 aromatic heterocycles. The lowest BCUT2D eigenvalue weighted by Gasteiger charge is -2.28. The number of carbonyl (C=O) groups is 1. The van der Waals surface area contributed by atoms with Gasteiger partial charge in [-0.05, 0) is 63.5 Å². The maximum atomic E-state index is 12.8. The van der Waals surface area contributed by atoms with Gasteiger partial charge in [-0.2, -0.15) is 0 Å². The van der Waals surface area contributed by atoms with Crippen LogP contribution in [0.4, 0.5) is 17.1 Å². The van der Waals surface area contributed by atoms with Crippen LogP contribution in [0.5, 0.6) is 0 Å². The Morgan fingerprint density at radius 3 is 2.24 bits per heavy atom. The fourth-order valence-electron chi connectivity index (χ4n) is 3.19. The number of benzene rings is 3. The van der Waals surface area contributed by atoms with Gasteiger partial charge in [0.2, 0.25) is 0 Å². The van der Waals surface area contributed by atoms with Gasteiger partial charge in [-0.1, -0.05) is 54.1 Å². The molecule has 29 heavy (non-hydrogen) atoms. The monoisotopic (exact) mass is 407 g/mol. The number of hydrogen-bond donors (Lipinski definition) is 1. The quantitative estimate of drug-likeness (QED) is 0.521. The van der Waals surface area contributed by atoms with Crippen molar-refractivity contribution in [1.82, 2.24) is 4.90 Å². The molecule has 150 valence electrons. The summed E-state index contributed by atoms with van der Waals surface area (Å²) in [5, 5.41) is 3.48. The molecule has 0 bridgehead atoms. The molecule has 0 heterocycles. The number of anilines is 3. The first-order valence-electron chi connectivity index (χ1n) is 9.68. The Morgan fingerprint density at radius 1 is 0.862 bits per heavy atom. The van der Waals surface area contributed by atoms with Crippen LogP contribution >= 0.6 is 11.6 Å². The average Bonchev–Trinajstić information content (AvgIpc) is 2.72. The number of hydrogen-bond acceptors (Lipinski definition) is 3. The van der Waals surface area contributed by atoms with Crippen molar-refractivity contribution in [3.63, 3.8) is 0 Å². The predicted octanol–water partition coefficient (Wildman–Crippen LogP) is 5.68. The van der Waals surface area contributed by atoms with Gasteiger partial charge in [-0.25, -0.2) is 0 Å². The van der Waals surface area contributed by atoms with E-state index < -0.39 is 0 Å². The Balaban J connectivity index is 1.90. The number of nitrogens with one attached hydrogen (secondary N) is 1. The molecule has 0 spiro atoms. The van der Waals surface area contributed by atoms with Crippen molar-refractivity contribution < 1.29 is 4.79 Å². The van der Waals surface area contributed by atoms with Crippen molar-refractivity contribution in [2.24, 2.45) is 0 Å². The lowest BCUT2D eigenvalue weighted by molar-refractivity contribution is 0.102. The smallest absolute Gasteiger partial charge is 0.257 e. The Bertz CT molecular complexity index is 944. The summed E-state index contributed by atoms with van der Waals surface area (Å²) in [4.78, 5) is 17.2. The number of nitrogens with zero attached hydrogens (tertiary/aromatic N) is 2. The highest BCUT2D eigenvalue weighted by Gasteiger charge is 2.16. The molecule has 0 atom stereocenters. The topological polar surface area (TPSA) is 35.6 Å². The lowest BCUT2D eigenvalue weighted by atomic mass is 10.1. The Labute approximate surface area is 177 Å². The summed E-state index contributed by atoms with van der Waals surface area (Å²) in [6.07, 6.45) is 0.995. The number of halogens is 1. The van der Waals surface area contributed by atoms with E-state index in [-0.39, 0.29) is 5.91 Å². The standard InChI is InChI=1S/C24H26ClN3O/c1-27(2)17-10-18-28(19-11-4-3-5-12-19)23-16-9-8-15-22(23)26-24(29)20-13-6-7-14-21(20)25/h3-9,11-16H,10,17-18H2,1-2H3,(H,26,29). The van der Waals surface area contributed by atoms with Gasteiger partial charge >= 0.3 is 0 Å². The molecule has 0 aliphatic rings. The van der Waals surface area contributed by atoms with E-state index in [2.05, 4.69) is 41.3 Å². The fourth-order valence-corrected chi connectivity index (χ4v) is 3.41. The van der Waals surface area contributed by atoms with Gasteiger partial charge in [0.05, 0.1) is 22.0 Å². The molecule has 1 amide bonds. The molecule has 0 fully saturated rings. The highest BCUT2D eigenvalue weighted by Crippen LogP contribution is 2.32. The van der Waals surface area contributed by atoms with Gasteiger partial charge in [0.15, 0.2) is 0 Å². The van der Waals surface area contributed by atoms with E-state index in [1.54, 1.807) is 12.1 Å². The molecule has 0 radical (unpaired) electrons. The summed E-state index contributed by atoms with van der Waals surface area (Å²) >= 11 is 6.21. The molecular weight excluding hydrogens is 382 g/mol. The van der Waals surface area contributed by atoms with Crippen LogP contribution in [-0.4, -0.2) is 38.0 Å². The van der Waals surface area contributed by atoms with Gasteiger partial charge in [0, 0.05) is 12.2 Å². The van der Waals surface area contributed by atoms with Crippen LogP contribution in [-0.2, 0) is 0 Å². The molecule has 3 aromatic rings. The zero-order chi connectivity index (χ0) is 20.6. The van der Waals surface area contributed by atoms with E-state index in [0.717, 1.165) is 36.6 Å². The highest BCUT2D eigenvalue weighted by molar-refractivity contribution is 6.34. The third kappa shape index (κ3) is 5.59. The van der Waals surface area contributed by atoms with E-state index in [9.17, 15) is 4.79 Å². The third-order valence-electron chi connectivity index (χ3n) is 4.62. The minimum absolute atomic E-state index is 0.218. The zero-order valence-electron chi connectivity index (χ0n) is 16.8. The van der Waals surface area contributed by atoms with E-state index in [4.69, 9.17) is 11.6 Å². The Kier molecular flexibility index (Phi) is 7.28. The second-order valence-corrected chi connectivity index (χ2v) is 7.50. The molecule has 3 aromatic carbocycles. The molecule has 0 aliphatic carbocycles. The van der Waals surface area contributed by atoms with Gasteiger partial charge in [0.1, 0.15) is 0 Å². The van der Waals surface area contributed by atoms with Gasteiger partial charge in [-0.3, -0.25) is 4.79 Å². The molecule has 0 saturated carbocycles. The Morgan fingerprint density at radius 2 is 1.52 bits per heavy atom. The highest BCUT2D eigenvalue weighted by atomic mass is 35.5. The maximum Gasteiger partial charge on any atom is 0.257 e. The summed E-state index contributed by atoms with van der Waals surface area (Å²) in [6, 6.07) is 25.2. The van der Waals surface area contributed by atoms with Crippen LogP contribution in [0.3, 0.4) is 0 Å². The largest absolute Gasteiger partial charge is 0.340 e. The SMILES string of the molecule is CN(C)CCCN(c1ccccc1)c1ccccc1NC(=O)c1ccccc1Cl. The first-order chi connectivity index (χ1) is 14.1. The van der Waals surface area contributed by atoms with Crippen LogP contribution in [0.1, 0.15) is 16.8 Å². The first kappa shape index (κ1) is 20.9. The van der Waals surface area contributed by atoms with Crippen LogP contribution in [0.2, 0.25) is 5.02 Å². The van der Waals surface area contributed by atoms with E-state index in [1.807, 2.05) is 54.6 Å². The van der Waals surface area contributed by atoms with E-state index in [1.165, 1.54) is 0 Å². The zero-order valence-corrected chi connectivity index (χ0v) is 17.6. The van der Waals surface area contributed by atoms with Gasteiger partial charge < -0.3 is 15.1 Å². The predicted molar refractivity (Wildman–Crippen MR) is 122 cm³/mol. The molecule has 3 rings (SSSR count). The van der Waals surface area contributed by atoms with E-state index in [0.29, 0.717) is 10.6 Å². The summed E-state index contributed by atoms with van der Waals surface area (Å²) < 4.78 is 0. The van der Waals surface area contributed by atoms with Crippen LogP contribution in [0, 0.1) is 0 Å². The minimum Gasteiger partial charge on any atom is -0.340 e. The number of carbonyl (C=O) groups excluding carboxylic acids is 1. The van der Waals surface area contributed by atoms with Crippen molar-refractivity contribution in [2.75, 3.05) is 37.4 Å². The second kappa shape index (κ2) is 10.1. The van der Waals surface area contributed by atoms with Crippen molar-refractivity contribution in [3.8, 4) is 0 Å². The summed E-state index contributed by atoms with van der Waals surface area (Å²) in [6.45, 7) is 1.82. The third-order valence-corrected chi connectivity index (χ3v) is 4.95. The molecule has 0 saturated heterocycles. The lowest BCUT2D eigenvalue weighted by Crippen LogP contribution is -2.24.